The lowest BCUT2D eigenvalue weighted by Gasteiger charge is -2.15. The van der Waals surface area contributed by atoms with Crippen molar-refractivity contribution >= 4 is 0 Å². The molecule has 1 aromatic carbocycles. The van der Waals surface area contributed by atoms with E-state index in [1.165, 1.54) is 12.1 Å². The first-order chi connectivity index (χ1) is 7.81. The van der Waals surface area contributed by atoms with E-state index in [9.17, 15) is 4.39 Å². The molecule has 1 unspecified atom stereocenters. The fraction of sp³-hybridized carbons (Fsp3) is 0.154. The number of hydrogen-bond donors (Lipinski definition) is 1. The van der Waals surface area contributed by atoms with Crippen molar-refractivity contribution in [1.29, 1.82) is 0 Å². The Kier molecular flexibility index (Phi) is 3.27. The number of nitrogens with one attached hydrogen (secondary N) is 1. The molecule has 0 fully saturated rings. The first-order valence-electron chi connectivity index (χ1n) is 5.15. The monoisotopic (exact) mass is 216 g/mol. The summed E-state index contributed by atoms with van der Waals surface area (Å²) in [6, 6.07) is 12.2. The van der Waals surface area contributed by atoms with Crippen molar-refractivity contribution in [2.45, 2.75) is 6.04 Å². The van der Waals surface area contributed by atoms with Crippen LogP contribution in [0.1, 0.15) is 17.3 Å². The summed E-state index contributed by atoms with van der Waals surface area (Å²) in [5.74, 6) is -0.228. The molecule has 0 aliphatic carbocycles. The highest BCUT2D eigenvalue weighted by Gasteiger charge is 2.12. The van der Waals surface area contributed by atoms with Gasteiger partial charge in [-0.15, -0.1) is 0 Å². The molecule has 1 N–H and O–H groups in total. The van der Waals surface area contributed by atoms with E-state index in [0.717, 1.165) is 11.3 Å². The molecule has 2 nitrogen and oxygen atoms in total. The summed E-state index contributed by atoms with van der Waals surface area (Å²) in [4.78, 5) is 4.27. The first-order valence-corrected chi connectivity index (χ1v) is 5.15. The Morgan fingerprint density at radius 3 is 2.69 bits per heavy atom. The zero-order chi connectivity index (χ0) is 11.4. The number of aromatic nitrogens is 1. The Balaban J connectivity index is 2.37. The molecule has 2 rings (SSSR count). The van der Waals surface area contributed by atoms with Crippen molar-refractivity contribution in [3.8, 4) is 0 Å². The van der Waals surface area contributed by atoms with Crippen molar-refractivity contribution in [3.63, 3.8) is 0 Å². The van der Waals surface area contributed by atoms with Gasteiger partial charge in [0.05, 0.1) is 11.7 Å². The summed E-state index contributed by atoms with van der Waals surface area (Å²) in [6.45, 7) is 0. The molecule has 0 aliphatic rings. The van der Waals surface area contributed by atoms with Crippen LogP contribution in [0.15, 0.2) is 48.7 Å². The van der Waals surface area contributed by atoms with Gasteiger partial charge in [-0.05, 0) is 36.9 Å². The standard InChI is InChI=1S/C13H13FN2/c1-15-13(12-7-2-3-8-16-12)10-5-4-6-11(14)9-10/h2-9,13,15H,1H3. The van der Waals surface area contributed by atoms with Crippen LogP contribution in [-0.4, -0.2) is 12.0 Å². The minimum atomic E-state index is -0.228. The molecule has 3 heteroatoms. The molecule has 0 amide bonds. The molecule has 1 atom stereocenters. The highest BCUT2D eigenvalue weighted by Crippen LogP contribution is 2.19. The minimum Gasteiger partial charge on any atom is -0.308 e. The summed E-state index contributed by atoms with van der Waals surface area (Å²) in [5.41, 5.74) is 1.76. The summed E-state index contributed by atoms with van der Waals surface area (Å²) in [5, 5.41) is 3.13. The average Bonchev–Trinajstić information content (AvgIpc) is 2.31. The third-order valence-corrected chi connectivity index (χ3v) is 2.45. The number of halogens is 1. The van der Waals surface area contributed by atoms with Crippen LogP contribution in [0.4, 0.5) is 4.39 Å². The zero-order valence-corrected chi connectivity index (χ0v) is 9.02. The second-order valence-corrected chi connectivity index (χ2v) is 3.53. The van der Waals surface area contributed by atoms with Crippen LogP contribution >= 0.6 is 0 Å². The van der Waals surface area contributed by atoms with E-state index >= 15 is 0 Å². The maximum absolute atomic E-state index is 13.1. The van der Waals surface area contributed by atoms with Crippen LogP contribution in [0.25, 0.3) is 0 Å². The van der Waals surface area contributed by atoms with Crippen LogP contribution in [-0.2, 0) is 0 Å². The van der Waals surface area contributed by atoms with E-state index in [4.69, 9.17) is 0 Å². The van der Waals surface area contributed by atoms with Crippen LogP contribution < -0.4 is 5.32 Å². The first kappa shape index (κ1) is 10.8. The average molecular weight is 216 g/mol. The minimum absolute atomic E-state index is 0.0723. The van der Waals surface area contributed by atoms with Crippen LogP contribution in [0.5, 0.6) is 0 Å². The second kappa shape index (κ2) is 4.86. The lowest BCUT2D eigenvalue weighted by Crippen LogP contribution is -2.18. The Bertz CT molecular complexity index is 456. The quantitative estimate of drug-likeness (QED) is 0.852. The van der Waals surface area contributed by atoms with Gasteiger partial charge in [-0.1, -0.05) is 18.2 Å². The largest absolute Gasteiger partial charge is 0.308 e. The molecular weight excluding hydrogens is 203 g/mol. The van der Waals surface area contributed by atoms with Gasteiger partial charge < -0.3 is 5.32 Å². The van der Waals surface area contributed by atoms with Crippen molar-refractivity contribution in [2.75, 3.05) is 7.05 Å². The van der Waals surface area contributed by atoms with E-state index < -0.39 is 0 Å². The highest BCUT2D eigenvalue weighted by molar-refractivity contribution is 5.27. The molecule has 1 aromatic heterocycles. The van der Waals surface area contributed by atoms with Crippen molar-refractivity contribution < 1.29 is 4.39 Å². The lowest BCUT2D eigenvalue weighted by atomic mass is 10.0. The molecule has 2 aromatic rings. The van der Waals surface area contributed by atoms with Crippen molar-refractivity contribution in [3.05, 3.63) is 65.7 Å². The van der Waals surface area contributed by atoms with Crippen LogP contribution in [0.3, 0.4) is 0 Å². The normalized spacial score (nSPS) is 12.4. The lowest BCUT2D eigenvalue weighted by molar-refractivity contribution is 0.614. The van der Waals surface area contributed by atoms with Gasteiger partial charge in [-0.3, -0.25) is 4.98 Å². The molecular formula is C13H13FN2. The van der Waals surface area contributed by atoms with Gasteiger partial charge in [-0.2, -0.15) is 0 Å². The predicted molar refractivity (Wildman–Crippen MR) is 61.5 cm³/mol. The smallest absolute Gasteiger partial charge is 0.123 e. The van der Waals surface area contributed by atoms with Crippen molar-refractivity contribution in [2.24, 2.45) is 0 Å². The fourth-order valence-electron chi connectivity index (χ4n) is 1.72. The Hall–Kier alpha value is -1.74. The molecule has 0 spiro atoms. The van der Waals surface area contributed by atoms with Crippen LogP contribution in [0, 0.1) is 5.82 Å². The van der Waals surface area contributed by atoms with Gasteiger partial charge in [0.1, 0.15) is 5.82 Å². The third kappa shape index (κ3) is 2.25. The summed E-state index contributed by atoms with van der Waals surface area (Å²) < 4.78 is 13.1. The third-order valence-electron chi connectivity index (χ3n) is 2.45. The fourth-order valence-corrected chi connectivity index (χ4v) is 1.72. The van der Waals surface area contributed by atoms with E-state index in [1.807, 2.05) is 31.3 Å². The van der Waals surface area contributed by atoms with Gasteiger partial charge in [0.25, 0.3) is 0 Å². The van der Waals surface area contributed by atoms with Gasteiger partial charge >= 0.3 is 0 Å². The molecule has 82 valence electrons. The van der Waals surface area contributed by atoms with E-state index in [1.54, 1.807) is 12.3 Å². The SMILES string of the molecule is CNC(c1cccc(F)c1)c1ccccn1. The van der Waals surface area contributed by atoms with Gasteiger partial charge in [0.15, 0.2) is 0 Å². The molecule has 0 saturated carbocycles. The second-order valence-electron chi connectivity index (χ2n) is 3.53. The maximum atomic E-state index is 13.1. The van der Waals surface area contributed by atoms with E-state index in [2.05, 4.69) is 10.3 Å². The van der Waals surface area contributed by atoms with Gasteiger partial charge in [0.2, 0.25) is 0 Å². The van der Waals surface area contributed by atoms with Gasteiger partial charge in [-0.25, -0.2) is 4.39 Å². The highest BCUT2D eigenvalue weighted by atomic mass is 19.1. The Morgan fingerprint density at radius 2 is 2.06 bits per heavy atom. The summed E-state index contributed by atoms with van der Waals surface area (Å²) >= 11 is 0. The number of rotatable bonds is 3. The predicted octanol–water partition coefficient (Wildman–Crippen LogP) is 2.53. The zero-order valence-electron chi connectivity index (χ0n) is 9.02. The molecule has 0 bridgehead atoms. The number of pyridine rings is 1. The molecule has 1 heterocycles. The van der Waals surface area contributed by atoms with Crippen LogP contribution in [0.2, 0.25) is 0 Å². The summed E-state index contributed by atoms with van der Waals surface area (Å²) in [7, 11) is 1.84. The van der Waals surface area contributed by atoms with Gasteiger partial charge in [0, 0.05) is 6.20 Å². The van der Waals surface area contributed by atoms with E-state index in [-0.39, 0.29) is 11.9 Å². The number of nitrogens with zero attached hydrogens (tertiary/aromatic N) is 1. The molecule has 0 radical (unpaired) electrons. The molecule has 0 aliphatic heterocycles. The Morgan fingerprint density at radius 1 is 1.19 bits per heavy atom. The Labute approximate surface area is 94.2 Å². The maximum Gasteiger partial charge on any atom is 0.123 e. The molecule has 16 heavy (non-hydrogen) atoms. The number of benzene rings is 1. The van der Waals surface area contributed by atoms with E-state index in [0.29, 0.717) is 0 Å². The topological polar surface area (TPSA) is 24.9 Å². The summed E-state index contributed by atoms with van der Waals surface area (Å²) in [6.07, 6.45) is 1.74. The molecule has 0 saturated heterocycles. The van der Waals surface area contributed by atoms with Crippen molar-refractivity contribution in [1.82, 2.24) is 10.3 Å². The number of hydrogen-bond acceptors (Lipinski definition) is 2.